The average Bonchev–Trinajstić information content (AvgIpc) is 2.20. The fraction of sp³-hybridized carbons (Fsp3) is 0.333. The number of amides is 1. The molecular formula is C9H10F3N3O2. The Kier molecular flexibility index (Phi) is 3.89. The van der Waals surface area contributed by atoms with Gasteiger partial charge in [0, 0.05) is 19.2 Å². The van der Waals surface area contributed by atoms with E-state index in [1.165, 1.54) is 0 Å². The van der Waals surface area contributed by atoms with Crippen LogP contribution in [0.4, 0.5) is 18.9 Å². The molecule has 0 radical (unpaired) electrons. The van der Waals surface area contributed by atoms with Crippen LogP contribution in [0, 0.1) is 0 Å². The second-order valence-electron chi connectivity index (χ2n) is 3.22. The topological polar surface area (TPSA) is 88.0 Å². The van der Waals surface area contributed by atoms with E-state index in [1.807, 2.05) is 4.98 Å². The second-order valence-corrected chi connectivity index (χ2v) is 3.22. The third kappa shape index (κ3) is 3.59. The van der Waals surface area contributed by atoms with E-state index < -0.39 is 28.9 Å². The predicted molar refractivity (Wildman–Crippen MR) is 54.4 cm³/mol. The van der Waals surface area contributed by atoms with Crippen molar-refractivity contribution in [1.29, 1.82) is 0 Å². The molecule has 0 saturated heterocycles. The first-order chi connectivity index (χ1) is 7.84. The summed E-state index contributed by atoms with van der Waals surface area (Å²) in [5.41, 5.74) is 2.80. The van der Waals surface area contributed by atoms with Gasteiger partial charge in [-0.2, -0.15) is 13.2 Å². The molecule has 4 N–H and O–H groups in total. The molecule has 0 aromatic carbocycles. The Labute approximate surface area is 93.8 Å². The summed E-state index contributed by atoms with van der Waals surface area (Å²) >= 11 is 0. The van der Waals surface area contributed by atoms with Gasteiger partial charge in [0.05, 0.1) is 5.56 Å². The number of aromatic amines is 1. The van der Waals surface area contributed by atoms with Crippen molar-refractivity contribution in [2.24, 2.45) is 5.73 Å². The lowest BCUT2D eigenvalue weighted by molar-refractivity contribution is -0.137. The number of hydrogen-bond acceptors (Lipinski definition) is 3. The molecule has 0 aliphatic rings. The highest BCUT2D eigenvalue weighted by molar-refractivity contribution is 5.90. The maximum Gasteiger partial charge on any atom is 0.417 e. The summed E-state index contributed by atoms with van der Waals surface area (Å²) in [5.74, 6) is -0.614. The lowest BCUT2D eigenvalue weighted by Crippen LogP contribution is -2.23. The second kappa shape index (κ2) is 5.00. The van der Waals surface area contributed by atoms with E-state index >= 15 is 0 Å². The average molecular weight is 249 g/mol. The molecule has 5 nitrogen and oxygen atoms in total. The van der Waals surface area contributed by atoms with Crippen LogP contribution in [0.5, 0.6) is 0 Å². The van der Waals surface area contributed by atoms with Crippen molar-refractivity contribution in [1.82, 2.24) is 4.98 Å². The number of alkyl halides is 3. The molecule has 0 fully saturated rings. The van der Waals surface area contributed by atoms with Gasteiger partial charge in [-0.1, -0.05) is 0 Å². The minimum Gasteiger partial charge on any atom is -0.330 e. The summed E-state index contributed by atoms with van der Waals surface area (Å²) in [5, 5.41) is 2.06. The number of aromatic nitrogens is 1. The zero-order valence-electron chi connectivity index (χ0n) is 8.60. The zero-order chi connectivity index (χ0) is 13.1. The van der Waals surface area contributed by atoms with Gasteiger partial charge in [0.2, 0.25) is 5.91 Å². The summed E-state index contributed by atoms with van der Waals surface area (Å²) in [6.07, 6.45) is -4.12. The van der Waals surface area contributed by atoms with Gasteiger partial charge >= 0.3 is 6.18 Å². The molecule has 1 heterocycles. The highest BCUT2D eigenvalue weighted by Crippen LogP contribution is 2.29. The van der Waals surface area contributed by atoms with Gasteiger partial charge in [-0.3, -0.25) is 9.59 Å². The van der Waals surface area contributed by atoms with Crippen molar-refractivity contribution in [3.05, 3.63) is 28.2 Å². The molecule has 8 heteroatoms. The van der Waals surface area contributed by atoms with Crippen LogP contribution in [0.1, 0.15) is 12.0 Å². The van der Waals surface area contributed by atoms with Crippen molar-refractivity contribution in [3.8, 4) is 0 Å². The molecule has 0 bridgehead atoms. The highest BCUT2D eigenvalue weighted by atomic mass is 19.4. The Balaban J connectivity index is 2.99. The maximum atomic E-state index is 12.3. The maximum absolute atomic E-state index is 12.3. The number of hydrogen-bond donors (Lipinski definition) is 3. The normalized spacial score (nSPS) is 11.3. The fourth-order valence-electron chi connectivity index (χ4n) is 1.08. The van der Waals surface area contributed by atoms with Crippen molar-refractivity contribution >= 4 is 11.6 Å². The lowest BCUT2D eigenvalue weighted by atomic mass is 10.2. The van der Waals surface area contributed by atoms with Crippen LogP contribution in [0.2, 0.25) is 0 Å². The van der Waals surface area contributed by atoms with Crippen molar-refractivity contribution < 1.29 is 18.0 Å². The largest absolute Gasteiger partial charge is 0.417 e. The van der Waals surface area contributed by atoms with E-state index in [9.17, 15) is 22.8 Å². The smallest absolute Gasteiger partial charge is 0.330 e. The van der Waals surface area contributed by atoms with Crippen molar-refractivity contribution in [2.75, 3.05) is 11.9 Å². The van der Waals surface area contributed by atoms with Crippen LogP contribution in [-0.4, -0.2) is 17.4 Å². The molecule has 17 heavy (non-hydrogen) atoms. The van der Waals surface area contributed by atoms with Crippen LogP contribution >= 0.6 is 0 Å². The number of pyridine rings is 1. The molecule has 0 aliphatic heterocycles. The number of nitrogens with one attached hydrogen (secondary N) is 2. The summed E-state index contributed by atoms with van der Waals surface area (Å²) < 4.78 is 37.0. The van der Waals surface area contributed by atoms with Crippen LogP contribution < -0.4 is 16.6 Å². The molecule has 1 aromatic heterocycles. The van der Waals surface area contributed by atoms with E-state index in [-0.39, 0.29) is 13.0 Å². The molecule has 0 aliphatic carbocycles. The first-order valence-corrected chi connectivity index (χ1v) is 4.64. The van der Waals surface area contributed by atoms with E-state index in [4.69, 9.17) is 5.73 Å². The van der Waals surface area contributed by atoms with Crippen LogP contribution in [0.3, 0.4) is 0 Å². The first kappa shape index (κ1) is 13.2. The lowest BCUT2D eigenvalue weighted by Gasteiger charge is -2.08. The Morgan fingerprint density at radius 1 is 1.47 bits per heavy atom. The Bertz CT molecular complexity index is 467. The molecule has 94 valence electrons. The summed E-state index contributed by atoms with van der Waals surface area (Å²) in [6.45, 7) is 0.0443. The van der Waals surface area contributed by atoms with Gasteiger partial charge in [-0.05, 0) is 6.07 Å². The SMILES string of the molecule is NCCC(=O)Nc1cc(C(F)(F)F)c[nH]c1=O. The highest BCUT2D eigenvalue weighted by Gasteiger charge is 2.31. The third-order valence-corrected chi connectivity index (χ3v) is 1.88. The van der Waals surface area contributed by atoms with Crippen LogP contribution in [-0.2, 0) is 11.0 Å². The van der Waals surface area contributed by atoms with E-state index in [0.717, 1.165) is 0 Å². The van der Waals surface area contributed by atoms with Gasteiger partial charge in [-0.15, -0.1) is 0 Å². The Morgan fingerprint density at radius 2 is 2.12 bits per heavy atom. The molecule has 1 amide bonds. The Morgan fingerprint density at radius 3 is 2.65 bits per heavy atom. The Hall–Kier alpha value is -1.83. The fourth-order valence-corrected chi connectivity index (χ4v) is 1.08. The third-order valence-electron chi connectivity index (χ3n) is 1.88. The number of nitrogens with two attached hydrogens (primary N) is 1. The van der Waals surface area contributed by atoms with Gasteiger partial charge < -0.3 is 16.0 Å². The van der Waals surface area contributed by atoms with Crippen LogP contribution in [0.15, 0.2) is 17.1 Å². The van der Waals surface area contributed by atoms with Crippen molar-refractivity contribution in [2.45, 2.75) is 12.6 Å². The molecule has 0 saturated carbocycles. The molecule has 0 spiro atoms. The van der Waals surface area contributed by atoms with Gasteiger partial charge in [0.25, 0.3) is 5.56 Å². The number of anilines is 1. The molecular weight excluding hydrogens is 239 g/mol. The zero-order valence-corrected chi connectivity index (χ0v) is 8.60. The van der Waals surface area contributed by atoms with Gasteiger partial charge in [0.1, 0.15) is 5.69 Å². The first-order valence-electron chi connectivity index (χ1n) is 4.64. The minimum absolute atomic E-state index is 0.0443. The number of halogens is 3. The van der Waals surface area contributed by atoms with Gasteiger partial charge in [0.15, 0.2) is 0 Å². The molecule has 0 unspecified atom stereocenters. The molecule has 1 aromatic rings. The van der Waals surface area contributed by atoms with Crippen molar-refractivity contribution in [3.63, 3.8) is 0 Å². The summed E-state index contributed by atoms with van der Waals surface area (Å²) in [4.78, 5) is 24.2. The summed E-state index contributed by atoms with van der Waals surface area (Å²) in [6, 6.07) is 0.577. The van der Waals surface area contributed by atoms with E-state index in [1.54, 1.807) is 0 Å². The predicted octanol–water partition coefficient (Wildman–Crippen LogP) is 0.681. The number of carbonyl (C=O) groups excluding carboxylic acids is 1. The molecule has 1 rings (SSSR count). The monoisotopic (exact) mass is 249 g/mol. The number of rotatable bonds is 3. The standard InChI is InChI=1S/C9H10F3N3O2/c10-9(11,12)5-3-6(8(17)14-4-5)15-7(16)1-2-13/h3-4H,1-2,13H2,(H,14,17)(H,15,16). The molecule has 0 atom stereocenters. The van der Waals surface area contributed by atoms with Gasteiger partial charge in [-0.25, -0.2) is 0 Å². The minimum atomic E-state index is -4.59. The number of H-pyrrole nitrogens is 1. The van der Waals surface area contributed by atoms with Crippen LogP contribution in [0.25, 0.3) is 0 Å². The number of carbonyl (C=O) groups is 1. The quantitative estimate of drug-likeness (QED) is 0.736. The van der Waals surface area contributed by atoms with E-state index in [0.29, 0.717) is 12.3 Å². The van der Waals surface area contributed by atoms with E-state index in [2.05, 4.69) is 5.32 Å². The summed E-state index contributed by atoms with van der Waals surface area (Å²) in [7, 11) is 0.